The molecule has 4 nitrogen and oxygen atoms in total. The third-order valence-corrected chi connectivity index (χ3v) is 2.74. The summed E-state index contributed by atoms with van der Waals surface area (Å²) in [5, 5.41) is 0. The van der Waals surface area contributed by atoms with Gasteiger partial charge < -0.3 is 9.47 Å². The van der Waals surface area contributed by atoms with Crippen LogP contribution < -0.4 is 0 Å². The molecule has 18 heavy (non-hydrogen) atoms. The number of benzene rings is 1. The Morgan fingerprint density at radius 3 is 2.28 bits per heavy atom. The van der Waals surface area contributed by atoms with Crippen molar-refractivity contribution in [2.24, 2.45) is 0 Å². The zero-order chi connectivity index (χ0) is 13.3. The molecule has 1 heterocycles. The first-order valence-corrected chi connectivity index (χ1v) is 5.62. The molecule has 1 aromatic carbocycles. The van der Waals surface area contributed by atoms with Gasteiger partial charge in [-0.25, -0.2) is 4.79 Å². The minimum Gasteiger partial charge on any atom is -0.420 e. The fraction of sp³-hybridized carbons (Fsp3) is 0.286. The van der Waals surface area contributed by atoms with Crippen LogP contribution in [-0.4, -0.2) is 17.5 Å². The van der Waals surface area contributed by atoms with E-state index in [4.69, 9.17) is 9.47 Å². The molecule has 0 saturated carbocycles. The standard InChI is InChI=1S/C14H14O4/c1-9(15)11-6-4-10(5-7-11)8-12-14(2,3)18-13(16)17-12/h4-8H,1-3H3. The molecule has 0 unspecified atom stereocenters. The van der Waals surface area contributed by atoms with E-state index in [-0.39, 0.29) is 5.78 Å². The SMILES string of the molecule is CC(=O)c1ccc(C=C2OC(=O)OC2(C)C)cc1. The lowest BCUT2D eigenvalue weighted by Crippen LogP contribution is -2.20. The minimum atomic E-state index is -0.754. The second-order valence-corrected chi connectivity index (χ2v) is 4.65. The van der Waals surface area contributed by atoms with E-state index >= 15 is 0 Å². The molecule has 2 rings (SSSR count). The zero-order valence-electron chi connectivity index (χ0n) is 10.5. The molecule has 1 saturated heterocycles. The number of ether oxygens (including phenoxy) is 2. The van der Waals surface area contributed by atoms with Gasteiger partial charge in [-0.05, 0) is 32.4 Å². The van der Waals surface area contributed by atoms with Gasteiger partial charge in [-0.3, -0.25) is 4.79 Å². The predicted octanol–water partition coefficient (Wildman–Crippen LogP) is 3.18. The van der Waals surface area contributed by atoms with Crippen molar-refractivity contribution in [1.29, 1.82) is 0 Å². The first-order chi connectivity index (χ1) is 8.38. The van der Waals surface area contributed by atoms with Crippen molar-refractivity contribution in [3.05, 3.63) is 41.2 Å². The summed E-state index contributed by atoms with van der Waals surface area (Å²) in [6.07, 6.45) is 1.04. The Balaban J connectivity index is 2.28. The van der Waals surface area contributed by atoms with Crippen molar-refractivity contribution in [1.82, 2.24) is 0 Å². The summed E-state index contributed by atoms with van der Waals surface area (Å²) in [7, 11) is 0. The van der Waals surface area contributed by atoms with E-state index in [0.29, 0.717) is 11.3 Å². The van der Waals surface area contributed by atoms with Crippen LogP contribution in [-0.2, 0) is 9.47 Å². The van der Waals surface area contributed by atoms with Crippen LogP contribution in [0.25, 0.3) is 6.08 Å². The highest BCUT2D eigenvalue weighted by molar-refractivity contribution is 5.94. The van der Waals surface area contributed by atoms with Crippen LogP contribution in [0.3, 0.4) is 0 Å². The van der Waals surface area contributed by atoms with Crippen LogP contribution in [0.2, 0.25) is 0 Å². The number of hydrogen-bond acceptors (Lipinski definition) is 4. The van der Waals surface area contributed by atoms with E-state index in [0.717, 1.165) is 5.56 Å². The average molecular weight is 246 g/mol. The summed E-state index contributed by atoms with van der Waals surface area (Å²) in [5.74, 6) is 0.480. The average Bonchev–Trinajstić information content (AvgIpc) is 2.52. The number of hydrogen-bond donors (Lipinski definition) is 0. The predicted molar refractivity (Wildman–Crippen MR) is 66.1 cm³/mol. The highest BCUT2D eigenvalue weighted by Gasteiger charge is 2.39. The van der Waals surface area contributed by atoms with Crippen LogP contribution in [0.4, 0.5) is 4.79 Å². The maximum absolute atomic E-state index is 11.1. The molecule has 1 aliphatic rings. The van der Waals surface area contributed by atoms with Gasteiger partial charge in [-0.1, -0.05) is 24.3 Å². The Kier molecular flexibility index (Phi) is 2.95. The summed E-state index contributed by atoms with van der Waals surface area (Å²) < 4.78 is 10.0. The Morgan fingerprint density at radius 1 is 1.22 bits per heavy atom. The van der Waals surface area contributed by atoms with E-state index in [1.807, 2.05) is 0 Å². The van der Waals surface area contributed by atoms with Crippen LogP contribution >= 0.6 is 0 Å². The third-order valence-electron chi connectivity index (χ3n) is 2.74. The van der Waals surface area contributed by atoms with E-state index in [9.17, 15) is 9.59 Å². The summed E-state index contributed by atoms with van der Waals surface area (Å²) in [6, 6.07) is 7.07. The van der Waals surface area contributed by atoms with Crippen molar-refractivity contribution in [2.45, 2.75) is 26.4 Å². The van der Waals surface area contributed by atoms with Crippen LogP contribution in [0.15, 0.2) is 30.0 Å². The fourth-order valence-corrected chi connectivity index (χ4v) is 1.66. The van der Waals surface area contributed by atoms with Gasteiger partial charge in [0.15, 0.2) is 17.1 Å². The molecule has 4 heteroatoms. The second kappa shape index (κ2) is 4.29. The van der Waals surface area contributed by atoms with Gasteiger partial charge in [0.2, 0.25) is 0 Å². The normalized spacial score (nSPS) is 19.5. The first-order valence-electron chi connectivity index (χ1n) is 5.62. The van der Waals surface area contributed by atoms with Crippen LogP contribution in [0, 0.1) is 0 Å². The maximum Gasteiger partial charge on any atom is 0.514 e. The minimum absolute atomic E-state index is 0.0187. The molecule has 0 amide bonds. The maximum atomic E-state index is 11.1. The highest BCUT2D eigenvalue weighted by atomic mass is 16.8. The molecule has 94 valence electrons. The van der Waals surface area contributed by atoms with E-state index < -0.39 is 11.8 Å². The number of ketones is 1. The number of Topliss-reactive ketones (excluding diaryl/α,β-unsaturated/α-hetero) is 1. The van der Waals surface area contributed by atoms with E-state index in [2.05, 4.69) is 0 Å². The van der Waals surface area contributed by atoms with Crippen LogP contribution in [0.5, 0.6) is 0 Å². The molecule has 0 bridgehead atoms. The Hall–Kier alpha value is -2.10. The smallest absolute Gasteiger partial charge is 0.420 e. The van der Waals surface area contributed by atoms with Gasteiger partial charge in [-0.15, -0.1) is 0 Å². The Bertz CT molecular complexity index is 523. The van der Waals surface area contributed by atoms with Crippen molar-refractivity contribution in [2.75, 3.05) is 0 Å². The number of rotatable bonds is 2. The Labute approximate surface area is 105 Å². The van der Waals surface area contributed by atoms with Crippen molar-refractivity contribution in [3.63, 3.8) is 0 Å². The van der Waals surface area contributed by atoms with Gasteiger partial charge in [0.25, 0.3) is 0 Å². The van der Waals surface area contributed by atoms with Gasteiger partial charge >= 0.3 is 6.16 Å². The molecular formula is C14H14O4. The summed E-state index contributed by atoms with van der Waals surface area (Å²) in [4.78, 5) is 22.2. The summed E-state index contributed by atoms with van der Waals surface area (Å²) in [6.45, 7) is 5.03. The van der Waals surface area contributed by atoms with Crippen molar-refractivity contribution >= 4 is 18.0 Å². The second-order valence-electron chi connectivity index (χ2n) is 4.65. The lowest BCUT2D eigenvalue weighted by atomic mass is 10.0. The molecule has 0 N–H and O–H groups in total. The summed E-state index contributed by atoms with van der Waals surface area (Å²) >= 11 is 0. The monoisotopic (exact) mass is 246 g/mol. The third kappa shape index (κ3) is 2.42. The Morgan fingerprint density at radius 2 is 1.83 bits per heavy atom. The van der Waals surface area contributed by atoms with Gasteiger partial charge in [-0.2, -0.15) is 0 Å². The molecule has 1 fully saturated rings. The number of carbonyl (C=O) groups is 2. The van der Waals surface area contributed by atoms with Crippen molar-refractivity contribution < 1.29 is 19.1 Å². The summed E-state index contributed by atoms with van der Waals surface area (Å²) in [5.41, 5.74) is 0.744. The van der Waals surface area contributed by atoms with E-state index in [1.165, 1.54) is 6.92 Å². The van der Waals surface area contributed by atoms with Crippen LogP contribution in [0.1, 0.15) is 36.7 Å². The number of carbonyl (C=O) groups excluding carboxylic acids is 2. The lowest BCUT2D eigenvalue weighted by Gasteiger charge is -2.13. The lowest BCUT2D eigenvalue weighted by molar-refractivity contribution is 0.0872. The molecule has 1 aliphatic heterocycles. The topological polar surface area (TPSA) is 52.6 Å². The first kappa shape index (κ1) is 12.4. The molecule has 1 aromatic rings. The fourth-order valence-electron chi connectivity index (χ4n) is 1.66. The molecule has 0 radical (unpaired) electrons. The number of cyclic esters (lactones) is 2. The molecule has 0 atom stereocenters. The van der Waals surface area contributed by atoms with Gasteiger partial charge in [0, 0.05) is 5.56 Å². The van der Waals surface area contributed by atoms with Crippen molar-refractivity contribution in [3.8, 4) is 0 Å². The van der Waals surface area contributed by atoms with Gasteiger partial charge in [0.05, 0.1) is 0 Å². The van der Waals surface area contributed by atoms with E-state index in [1.54, 1.807) is 44.2 Å². The molecule has 0 aromatic heterocycles. The van der Waals surface area contributed by atoms with Gasteiger partial charge in [0.1, 0.15) is 0 Å². The molecule has 0 aliphatic carbocycles. The molecular weight excluding hydrogens is 232 g/mol. The quantitative estimate of drug-likeness (QED) is 0.594. The highest BCUT2D eigenvalue weighted by Crippen LogP contribution is 2.31. The largest absolute Gasteiger partial charge is 0.514 e. The molecule has 0 spiro atoms. The zero-order valence-corrected chi connectivity index (χ0v) is 10.5.